The van der Waals surface area contributed by atoms with Crippen molar-refractivity contribution in [2.24, 2.45) is 0 Å². The summed E-state index contributed by atoms with van der Waals surface area (Å²) >= 11 is 7.72. The normalized spacial score (nSPS) is 16.9. The summed E-state index contributed by atoms with van der Waals surface area (Å²) in [6.45, 7) is 3.05. The van der Waals surface area contributed by atoms with E-state index in [2.05, 4.69) is 16.3 Å². The van der Waals surface area contributed by atoms with Crippen LogP contribution in [0.4, 0.5) is 0 Å². The molecule has 20 heavy (non-hydrogen) atoms. The van der Waals surface area contributed by atoms with Gasteiger partial charge in [-0.1, -0.05) is 23.7 Å². The fraction of sp³-hybridized carbons (Fsp3) is 0.375. The first kappa shape index (κ1) is 14.1. The Hall–Kier alpha value is -0.870. The van der Waals surface area contributed by atoms with Crippen LogP contribution in [0.2, 0.25) is 5.02 Å². The van der Waals surface area contributed by atoms with Gasteiger partial charge in [-0.15, -0.1) is 11.3 Å². The van der Waals surface area contributed by atoms with Crippen molar-refractivity contribution in [2.45, 2.75) is 25.5 Å². The summed E-state index contributed by atoms with van der Waals surface area (Å²) in [5.41, 5.74) is 2.41. The zero-order valence-corrected chi connectivity index (χ0v) is 12.8. The maximum Gasteiger partial charge on any atom is 0.0802 e. The van der Waals surface area contributed by atoms with Crippen LogP contribution in [0.5, 0.6) is 0 Å². The molecule has 1 aromatic heterocycles. The predicted octanol–water partition coefficient (Wildman–Crippen LogP) is 3.88. The second-order valence-electron chi connectivity index (χ2n) is 5.25. The first-order valence-electron chi connectivity index (χ1n) is 6.93. The van der Waals surface area contributed by atoms with Crippen LogP contribution in [0.1, 0.15) is 28.5 Å². The van der Waals surface area contributed by atoms with Gasteiger partial charge in [-0.05, 0) is 47.5 Å². The molecule has 2 heterocycles. The van der Waals surface area contributed by atoms with Gasteiger partial charge in [0.25, 0.3) is 0 Å². The van der Waals surface area contributed by atoms with Gasteiger partial charge >= 0.3 is 0 Å². The minimum atomic E-state index is -0.406. The third kappa shape index (κ3) is 3.23. The van der Waals surface area contributed by atoms with E-state index in [1.807, 2.05) is 35.6 Å². The number of aliphatic hydroxyl groups is 1. The van der Waals surface area contributed by atoms with Gasteiger partial charge < -0.3 is 5.11 Å². The van der Waals surface area contributed by atoms with Crippen molar-refractivity contribution < 1.29 is 5.11 Å². The molecule has 1 unspecified atom stereocenters. The lowest BCUT2D eigenvalue weighted by atomic mass is 10.1. The highest BCUT2D eigenvalue weighted by Crippen LogP contribution is 2.25. The summed E-state index contributed by atoms with van der Waals surface area (Å²) in [6.07, 6.45) is 1.50. The minimum Gasteiger partial charge on any atom is -0.388 e. The molecule has 0 saturated heterocycles. The monoisotopic (exact) mass is 307 g/mol. The lowest BCUT2D eigenvalue weighted by Crippen LogP contribution is -2.31. The molecule has 0 spiro atoms. The molecule has 0 bridgehead atoms. The molecule has 0 saturated carbocycles. The standard InChI is InChI=1S/C16H18ClNOS/c17-14-3-1-12(2-4-14)15(19)5-8-18-9-6-16-13(11-18)7-10-20-16/h1-4,7,10,15,19H,5-6,8-9,11H2. The Morgan fingerprint density at radius 2 is 2.05 bits per heavy atom. The number of thiophene rings is 1. The molecule has 0 radical (unpaired) electrons. The van der Waals surface area contributed by atoms with Crippen molar-refractivity contribution in [3.8, 4) is 0 Å². The van der Waals surface area contributed by atoms with Crippen LogP contribution in [0.25, 0.3) is 0 Å². The van der Waals surface area contributed by atoms with Gasteiger partial charge in [-0.3, -0.25) is 4.90 Å². The minimum absolute atomic E-state index is 0.406. The SMILES string of the molecule is OC(CCN1CCc2sccc2C1)c1ccc(Cl)cc1. The van der Waals surface area contributed by atoms with Gasteiger partial charge in [0, 0.05) is 29.5 Å². The summed E-state index contributed by atoms with van der Waals surface area (Å²) < 4.78 is 0. The molecular formula is C16H18ClNOS. The molecule has 2 aromatic rings. The molecule has 1 aliphatic rings. The van der Waals surface area contributed by atoms with Crippen LogP contribution in [0, 0.1) is 0 Å². The Balaban J connectivity index is 1.54. The fourth-order valence-corrected chi connectivity index (χ4v) is 3.67. The molecule has 4 heteroatoms. The van der Waals surface area contributed by atoms with E-state index in [-0.39, 0.29) is 0 Å². The molecule has 0 fully saturated rings. The lowest BCUT2D eigenvalue weighted by Gasteiger charge is -2.27. The van der Waals surface area contributed by atoms with Gasteiger partial charge in [-0.2, -0.15) is 0 Å². The number of rotatable bonds is 4. The molecular weight excluding hydrogens is 290 g/mol. The zero-order chi connectivity index (χ0) is 13.9. The molecule has 3 rings (SSSR count). The first-order chi connectivity index (χ1) is 9.72. The maximum absolute atomic E-state index is 10.2. The van der Waals surface area contributed by atoms with E-state index in [9.17, 15) is 5.11 Å². The number of aliphatic hydroxyl groups excluding tert-OH is 1. The number of fused-ring (bicyclic) bond motifs is 1. The predicted molar refractivity (Wildman–Crippen MR) is 84.3 cm³/mol. The maximum atomic E-state index is 10.2. The zero-order valence-electron chi connectivity index (χ0n) is 11.3. The summed E-state index contributed by atoms with van der Waals surface area (Å²) in [4.78, 5) is 3.95. The van der Waals surface area contributed by atoms with Gasteiger partial charge in [-0.25, -0.2) is 0 Å². The Morgan fingerprint density at radius 3 is 2.85 bits per heavy atom. The Labute approximate surface area is 128 Å². The van der Waals surface area contributed by atoms with Crippen molar-refractivity contribution in [3.63, 3.8) is 0 Å². The van der Waals surface area contributed by atoms with E-state index in [0.717, 1.165) is 38.0 Å². The van der Waals surface area contributed by atoms with Gasteiger partial charge in [0.2, 0.25) is 0 Å². The van der Waals surface area contributed by atoms with E-state index < -0.39 is 6.10 Å². The quantitative estimate of drug-likeness (QED) is 0.926. The van der Waals surface area contributed by atoms with Crippen molar-refractivity contribution in [1.82, 2.24) is 4.90 Å². The molecule has 2 nitrogen and oxygen atoms in total. The van der Waals surface area contributed by atoms with Crippen LogP contribution in [-0.2, 0) is 13.0 Å². The van der Waals surface area contributed by atoms with Crippen molar-refractivity contribution in [3.05, 3.63) is 56.7 Å². The summed E-state index contributed by atoms with van der Waals surface area (Å²) in [5, 5.41) is 13.1. The molecule has 0 aliphatic carbocycles. The number of benzene rings is 1. The summed E-state index contributed by atoms with van der Waals surface area (Å²) in [7, 11) is 0. The summed E-state index contributed by atoms with van der Waals surface area (Å²) in [5.74, 6) is 0. The highest BCUT2D eigenvalue weighted by atomic mass is 35.5. The number of hydrogen-bond acceptors (Lipinski definition) is 3. The van der Waals surface area contributed by atoms with Crippen LogP contribution in [0.15, 0.2) is 35.7 Å². The van der Waals surface area contributed by atoms with E-state index in [4.69, 9.17) is 11.6 Å². The molecule has 1 N–H and O–H groups in total. The summed E-state index contributed by atoms with van der Waals surface area (Å²) in [6, 6.07) is 9.69. The van der Waals surface area contributed by atoms with E-state index in [0.29, 0.717) is 5.02 Å². The van der Waals surface area contributed by atoms with Gasteiger partial charge in [0.15, 0.2) is 0 Å². The Morgan fingerprint density at radius 1 is 1.25 bits per heavy atom. The van der Waals surface area contributed by atoms with Crippen LogP contribution in [-0.4, -0.2) is 23.1 Å². The molecule has 1 aromatic carbocycles. The second-order valence-corrected chi connectivity index (χ2v) is 6.69. The Bertz CT molecular complexity index is 566. The third-order valence-electron chi connectivity index (χ3n) is 3.86. The third-order valence-corrected chi connectivity index (χ3v) is 5.14. The van der Waals surface area contributed by atoms with Crippen LogP contribution >= 0.6 is 22.9 Å². The van der Waals surface area contributed by atoms with Crippen molar-refractivity contribution >= 4 is 22.9 Å². The molecule has 0 amide bonds. The second kappa shape index (κ2) is 6.27. The highest BCUT2D eigenvalue weighted by molar-refractivity contribution is 7.10. The molecule has 106 valence electrons. The van der Waals surface area contributed by atoms with Crippen molar-refractivity contribution in [1.29, 1.82) is 0 Å². The van der Waals surface area contributed by atoms with Crippen LogP contribution < -0.4 is 0 Å². The van der Waals surface area contributed by atoms with E-state index in [1.54, 1.807) is 0 Å². The molecule has 1 aliphatic heterocycles. The van der Waals surface area contributed by atoms with E-state index >= 15 is 0 Å². The average Bonchev–Trinajstić information content (AvgIpc) is 2.93. The van der Waals surface area contributed by atoms with E-state index in [1.165, 1.54) is 10.4 Å². The highest BCUT2D eigenvalue weighted by Gasteiger charge is 2.18. The topological polar surface area (TPSA) is 23.5 Å². The lowest BCUT2D eigenvalue weighted by molar-refractivity contribution is 0.138. The number of halogens is 1. The molecule has 1 atom stereocenters. The van der Waals surface area contributed by atoms with Crippen LogP contribution in [0.3, 0.4) is 0 Å². The first-order valence-corrected chi connectivity index (χ1v) is 8.19. The van der Waals surface area contributed by atoms with Gasteiger partial charge in [0.05, 0.1) is 6.10 Å². The van der Waals surface area contributed by atoms with Crippen molar-refractivity contribution in [2.75, 3.05) is 13.1 Å². The fourth-order valence-electron chi connectivity index (χ4n) is 2.65. The Kier molecular flexibility index (Phi) is 4.41. The number of hydrogen-bond donors (Lipinski definition) is 1. The average molecular weight is 308 g/mol. The largest absolute Gasteiger partial charge is 0.388 e. The smallest absolute Gasteiger partial charge is 0.0802 e. The number of nitrogens with zero attached hydrogens (tertiary/aromatic N) is 1. The van der Waals surface area contributed by atoms with Gasteiger partial charge in [0.1, 0.15) is 0 Å².